The molecule has 1 saturated carbocycles. The molecule has 150 valence electrons. The van der Waals surface area contributed by atoms with Gasteiger partial charge in [0.05, 0.1) is 17.4 Å². The van der Waals surface area contributed by atoms with Gasteiger partial charge in [0.25, 0.3) is 5.91 Å². The number of aliphatic carboxylic acids is 1. The number of nitrogens with one attached hydrogen (secondary N) is 1. The van der Waals surface area contributed by atoms with Crippen molar-refractivity contribution in [2.45, 2.75) is 19.3 Å². The van der Waals surface area contributed by atoms with Crippen LogP contribution in [0.15, 0.2) is 48.6 Å². The maximum atomic E-state index is 13.1. The lowest BCUT2D eigenvalue weighted by Gasteiger charge is -2.41. The van der Waals surface area contributed by atoms with Crippen LogP contribution in [0, 0.1) is 23.7 Å². The van der Waals surface area contributed by atoms with Crippen LogP contribution in [-0.4, -0.2) is 22.9 Å². The molecule has 2 aromatic rings. The minimum Gasteiger partial charge on any atom is -0.481 e. The molecule has 4 atom stereocenters. The minimum atomic E-state index is -0.949. The number of hydrogen-bond donors (Lipinski definition) is 3. The van der Waals surface area contributed by atoms with E-state index in [-0.39, 0.29) is 23.3 Å². The SMILES string of the molecule is NC(=O)c1cc(Cc2ccccc2)sc1NC(=O)[C@H]1[C@@H](C(=O)O)[C@H]2C=C[C@H]1CC2. The quantitative estimate of drug-likeness (QED) is 0.635. The second-order valence-electron chi connectivity index (χ2n) is 7.65. The van der Waals surface area contributed by atoms with Crippen molar-refractivity contribution in [3.8, 4) is 0 Å². The lowest BCUT2D eigenvalue weighted by Crippen LogP contribution is -2.47. The minimum absolute atomic E-state index is 0.0955. The molecule has 0 radical (unpaired) electrons. The smallest absolute Gasteiger partial charge is 0.307 e. The number of nitrogens with two attached hydrogens (primary N) is 1. The fourth-order valence-electron chi connectivity index (χ4n) is 4.49. The molecule has 3 aliphatic carbocycles. The Morgan fingerprint density at radius 2 is 1.72 bits per heavy atom. The molecule has 0 unspecified atom stereocenters. The number of carboxylic acids is 1. The van der Waals surface area contributed by atoms with Gasteiger partial charge in [-0.3, -0.25) is 14.4 Å². The molecule has 7 heteroatoms. The molecule has 1 fully saturated rings. The number of amides is 2. The zero-order valence-electron chi connectivity index (χ0n) is 15.7. The molecule has 2 amide bonds. The highest BCUT2D eigenvalue weighted by Gasteiger charge is 2.48. The Morgan fingerprint density at radius 3 is 2.31 bits per heavy atom. The first-order valence-corrected chi connectivity index (χ1v) is 10.4. The van der Waals surface area contributed by atoms with Crippen LogP contribution in [0.5, 0.6) is 0 Å². The molecule has 5 rings (SSSR count). The van der Waals surface area contributed by atoms with Crippen molar-refractivity contribution in [3.05, 3.63) is 64.6 Å². The van der Waals surface area contributed by atoms with E-state index in [0.29, 0.717) is 11.4 Å². The van der Waals surface area contributed by atoms with Gasteiger partial charge in [-0.2, -0.15) is 0 Å². The predicted octanol–water partition coefficient (Wildman–Crippen LogP) is 3.29. The monoisotopic (exact) mass is 410 g/mol. The number of fused-ring (bicyclic) bond motifs is 2. The number of primary amides is 1. The molecule has 2 bridgehead atoms. The number of thiophene rings is 1. The summed E-state index contributed by atoms with van der Waals surface area (Å²) in [6.07, 6.45) is 6.09. The van der Waals surface area contributed by atoms with Crippen LogP contribution in [0.3, 0.4) is 0 Å². The summed E-state index contributed by atoms with van der Waals surface area (Å²) in [7, 11) is 0. The molecular formula is C22H22N2O4S. The summed E-state index contributed by atoms with van der Waals surface area (Å²) < 4.78 is 0. The van der Waals surface area contributed by atoms with E-state index in [1.807, 2.05) is 42.5 Å². The molecule has 1 aromatic heterocycles. The van der Waals surface area contributed by atoms with Crippen LogP contribution < -0.4 is 11.1 Å². The first-order valence-electron chi connectivity index (χ1n) is 9.62. The molecule has 0 aliphatic heterocycles. The number of anilines is 1. The Balaban J connectivity index is 1.58. The van der Waals surface area contributed by atoms with Crippen LogP contribution in [0.4, 0.5) is 5.00 Å². The molecule has 1 aromatic carbocycles. The van der Waals surface area contributed by atoms with Gasteiger partial charge >= 0.3 is 5.97 Å². The Labute approximate surface area is 172 Å². The van der Waals surface area contributed by atoms with E-state index < -0.39 is 23.7 Å². The van der Waals surface area contributed by atoms with E-state index in [1.54, 1.807) is 6.07 Å². The number of hydrogen-bond acceptors (Lipinski definition) is 4. The molecule has 0 saturated heterocycles. The van der Waals surface area contributed by atoms with Crippen molar-refractivity contribution in [2.75, 3.05) is 5.32 Å². The van der Waals surface area contributed by atoms with E-state index in [4.69, 9.17) is 5.73 Å². The Bertz CT molecular complexity index is 982. The van der Waals surface area contributed by atoms with Crippen LogP contribution in [0.25, 0.3) is 0 Å². The fourth-order valence-corrected chi connectivity index (χ4v) is 5.58. The van der Waals surface area contributed by atoms with Crippen LogP contribution >= 0.6 is 11.3 Å². The topological polar surface area (TPSA) is 109 Å². The van der Waals surface area contributed by atoms with Gasteiger partial charge in [-0.15, -0.1) is 11.3 Å². The average molecular weight is 410 g/mol. The van der Waals surface area contributed by atoms with E-state index in [9.17, 15) is 19.5 Å². The summed E-state index contributed by atoms with van der Waals surface area (Å²) in [6.45, 7) is 0. The summed E-state index contributed by atoms with van der Waals surface area (Å²) in [5.41, 5.74) is 6.87. The number of carboxylic acid groups (broad SMARTS) is 1. The van der Waals surface area contributed by atoms with E-state index in [1.165, 1.54) is 11.3 Å². The van der Waals surface area contributed by atoms with Crippen LogP contribution in [-0.2, 0) is 16.0 Å². The molecular weight excluding hydrogens is 388 g/mol. The third-order valence-electron chi connectivity index (χ3n) is 5.84. The first kappa shape index (κ1) is 19.4. The Hall–Kier alpha value is -2.93. The van der Waals surface area contributed by atoms with Gasteiger partial charge in [0.1, 0.15) is 5.00 Å². The van der Waals surface area contributed by atoms with Crippen molar-refractivity contribution < 1.29 is 19.5 Å². The van der Waals surface area contributed by atoms with Gasteiger partial charge in [-0.25, -0.2) is 0 Å². The zero-order valence-corrected chi connectivity index (χ0v) is 16.5. The van der Waals surface area contributed by atoms with Gasteiger partial charge in [-0.1, -0.05) is 42.5 Å². The van der Waals surface area contributed by atoms with E-state index in [2.05, 4.69) is 5.32 Å². The van der Waals surface area contributed by atoms with Crippen molar-refractivity contribution in [1.82, 2.24) is 0 Å². The number of rotatable bonds is 6. The van der Waals surface area contributed by atoms with Crippen molar-refractivity contribution in [1.29, 1.82) is 0 Å². The number of carbonyl (C=O) groups excluding carboxylic acids is 2. The number of benzene rings is 1. The maximum Gasteiger partial charge on any atom is 0.307 e. The van der Waals surface area contributed by atoms with Gasteiger partial charge in [0.15, 0.2) is 0 Å². The van der Waals surface area contributed by atoms with Crippen molar-refractivity contribution >= 4 is 34.1 Å². The van der Waals surface area contributed by atoms with Crippen LogP contribution in [0.2, 0.25) is 0 Å². The third kappa shape index (κ3) is 3.82. The summed E-state index contributed by atoms with van der Waals surface area (Å²) in [5, 5.41) is 12.9. The van der Waals surface area contributed by atoms with Gasteiger partial charge in [-0.05, 0) is 36.3 Å². The van der Waals surface area contributed by atoms with Gasteiger partial charge < -0.3 is 16.2 Å². The average Bonchev–Trinajstić information content (AvgIpc) is 3.11. The molecule has 29 heavy (non-hydrogen) atoms. The fraction of sp³-hybridized carbons (Fsp3) is 0.318. The summed E-state index contributed by atoms with van der Waals surface area (Å²) in [4.78, 5) is 37.7. The third-order valence-corrected chi connectivity index (χ3v) is 6.89. The second kappa shape index (κ2) is 7.83. The largest absolute Gasteiger partial charge is 0.481 e. The normalized spacial score (nSPS) is 25.0. The summed E-state index contributed by atoms with van der Waals surface area (Å²) in [6, 6.07) is 11.5. The van der Waals surface area contributed by atoms with Gasteiger partial charge in [0.2, 0.25) is 5.91 Å². The lowest BCUT2D eigenvalue weighted by atomic mass is 9.62. The number of allylic oxidation sites excluding steroid dienone is 2. The molecule has 4 N–H and O–H groups in total. The second-order valence-corrected chi connectivity index (χ2v) is 8.79. The Kier molecular flexibility index (Phi) is 5.24. The first-order chi connectivity index (χ1) is 13.9. The highest BCUT2D eigenvalue weighted by Crippen LogP contribution is 2.45. The number of carbonyl (C=O) groups is 3. The van der Waals surface area contributed by atoms with E-state index in [0.717, 1.165) is 23.3 Å². The van der Waals surface area contributed by atoms with Crippen molar-refractivity contribution in [3.63, 3.8) is 0 Å². The summed E-state index contributed by atoms with van der Waals surface area (Å²) >= 11 is 1.31. The van der Waals surface area contributed by atoms with Crippen molar-refractivity contribution in [2.24, 2.45) is 29.4 Å². The standard InChI is InChI=1S/C22H22N2O4S/c23-19(25)16-11-15(10-12-4-2-1-3-5-12)29-21(16)24-20(26)17-13-6-8-14(9-7-13)18(17)22(27)28/h1-6,8,11,13-14,17-18H,7,9-10H2,(H2,23,25)(H,24,26)(H,27,28)/t13-,14-,17+,18-/m0/s1. The molecule has 6 nitrogen and oxygen atoms in total. The summed E-state index contributed by atoms with van der Waals surface area (Å²) in [5.74, 6) is -3.52. The van der Waals surface area contributed by atoms with E-state index >= 15 is 0 Å². The molecule has 0 spiro atoms. The van der Waals surface area contributed by atoms with Gasteiger partial charge in [0, 0.05) is 11.3 Å². The highest BCUT2D eigenvalue weighted by atomic mass is 32.1. The predicted molar refractivity (Wildman–Crippen MR) is 111 cm³/mol. The van der Waals surface area contributed by atoms with Crippen LogP contribution in [0.1, 0.15) is 33.6 Å². The maximum absolute atomic E-state index is 13.1. The lowest BCUT2D eigenvalue weighted by molar-refractivity contribution is -0.151. The highest BCUT2D eigenvalue weighted by molar-refractivity contribution is 7.16. The Morgan fingerprint density at radius 1 is 1.07 bits per heavy atom. The molecule has 3 aliphatic rings. The molecule has 1 heterocycles. The zero-order chi connectivity index (χ0) is 20.5.